The van der Waals surface area contributed by atoms with Crippen LogP contribution in [0, 0.1) is 0 Å². The summed E-state index contributed by atoms with van der Waals surface area (Å²) in [5.74, 6) is 0.703. The standard InChI is InChI=1S/C11H15ClN2O/c12-6-2-1-3-11(15)14-9-10-4-7-13-8-5-10/h4-5,7-8H,1-3,6,9H2,(H,14,15). The van der Waals surface area contributed by atoms with Crippen molar-refractivity contribution in [3.05, 3.63) is 30.1 Å². The molecule has 0 unspecified atom stereocenters. The number of pyridine rings is 1. The largest absolute Gasteiger partial charge is 0.352 e. The van der Waals surface area contributed by atoms with Gasteiger partial charge in [0.1, 0.15) is 0 Å². The number of hydrogen-bond acceptors (Lipinski definition) is 2. The first-order valence-electron chi connectivity index (χ1n) is 5.04. The second-order valence-electron chi connectivity index (χ2n) is 3.28. The maximum Gasteiger partial charge on any atom is 0.220 e. The average molecular weight is 227 g/mol. The fraction of sp³-hybridized carbons (Fsp3) is 0.455. The van der Waals surface area contributed by atoms with Gasteiger partial charge in [0.05, 0.1) is 0 Å². The molecule has 0 radical (unpaired) electrons. The van der Waals surface area contributed by atoms with Gasteiger partial charge in [-0.1, -0.05) is 0 Å². The van der Waals surface area contributed by atoms with Gasteiger partial charge in [0.25, 0.3) is 0 Å². The number of carbonyl (C=O) groups excluding carboxylic acids is 1. The Kier molecular flexibility index (Phi) is 5.78. The Labute approximate surface area is 94.9 Å². The summed E-state index contributed by atoms with van der Waals surface area (Å²) in [4.78, 5) is 15.2. The van der Waals surface area contributed by atoms with E-state index in [2.05, 4.69) is 10.3 Å². The van der Waals surface area contributed by atoms with Gasteiger partial charge in [0.2, 0.25) is 5.91 Å². The summed E-state index contributed by atoms with van der Waals surface area (Å²) in [6.07, 6.45) is 5.73. The van der Waals surface area contributed by atoms with Gasteiger partial charge in [-0.05, 0) is 30.5 Å². The number of unbranched alkanes of at least 4 members (excludes halogenated alkanes) is 1. The third-order valence-electron chi connectivity index (χ3n) is 2.03. The summed E-state index contributed by atoms with van der Waals surface area (Å²) in [5.41, 5.74) is 1.07. The number of carbonyl (C=O) groups is 1. The van der Waals surface area contributed by atoms with Crippen LogP contribution in [0.4, 0.5) is 0 Å². The number of amides is 1. The van der Waals surface area contributed by atoms with Gasteiger partial charge in [-0.3, -0.25) is 9.78 Å². The summed E-state index contributed by atoms with van der Waals surface area (Å²) in [6, 6.07) is 3.78. The Bertz CT molecular complexity index is 290. The molecule has 1 amide bonds. The smallest absolute Gasteiger partial charge is 0.220 e. The molecular weight excluding hydrogens is 212 g/mol. The van der Waals surface area contributed by atoms with Crippen molar-refractivity contribution in [2.75, 3.05) is 5.88 Å². The van der Waals surface area contributed by atoms with Gasteiger partial charge in [-0.2, -0.15) is 0 Å². The number of hydrogen-bond donors (Lipinski definition) is 1. The molecule has 0 aromatic carbocycles. The van der Waals surface area contributed by atoms with Crippen molar-refractivity contribution >= 4 is 17.5 Å². The minimum Gasteiger partial charge on any atom is -0.352 e. The molecule has 1 aromatic rings. The van der Waals surface area contributed by atoms with Crippen molar-refractivity contribution < 1.29 is 4.79 Å². The molecule has 15 heavy (non-hydrogen) atoms. The van der Waals surface area contributed by atoms with E-state index in [1.165, 1.54) is 0 Å². The van der Waals surface area contributed by atoms with E-state index in [9.17, 15) is 4.79 Å². The van der Waals surface area contributed by atoms with Crippen molar-refractivity contribution in [2.24, 2.45) is 0 Å². The average Bonchev–Trinajstić information content (AvgIpc) is 2.28. The highest BCUT2D eigenvalue weighted by Crippen LogP contribution is 1.99. The Morgan fingerprint density at radius 1 is 1.33 bits per heavy atom. The maximum atomic E-state index is 11.3. The number of halogens is 1. The Morgan fingerprint density at radius 2 is 2.07 bits per heavy atom. The van der Waals surface area contributed by atoms with Gasteiger partial charge < -0.3 is 5.32 Å². The third-order valence-corrected chi connectivity index (χ3v) is 2.29. The molecule has 0 atom stereocenters. The van der Waals surface area contributed by atoms with Crippen LogP contribution in [0.3, 0.4) is 0 Å². The van der Waals surface area contributed by atoms with Gasteiger partial charge >= 0.3 is 0 Å². The Hall–Kier alpha value is -1.09. The van der Waals surface area contributed by atoms with E-state index in [-0.39, 0.29) is 5.91 Å². The molecule has 1 aromatic heterocycles. The molecular formula is C11H15ClN2O. The fourth-order valence-electron chi connectivity index (χ4n) is 1.17. The maximum absolute atomic E-state index is 11.3. The van der Waals surface area contributed by atoms with Crippen molar-refractivity contribution in [3.8, 4) is 0 Å². The molecule has 4 heteroatoms. The number of rotatable bonds is 6. The van der Waals surface area contributed by atoms with E-state index >= 15 is 0 Å². The zero-order valence-corrected chi connectivity index (χ0v) is 9.33. The lowest BCUT2D eigenvalue weighted by molar-refractivity contribution is -0.121. The van der Waals surface area contributed by atoms with E-state index in [1.54, 1.807) is 12.4 Å². The summed E-state index contributed by atoms with van der Waals surface area (Å²) in [6.45, 7) is 0.572. The molecule has 1 N–H and O–H groups in total. The SMILES string of the molecule is O=C(CCCCCl)NCc1ccncc1. The number of nitrogens with one attached hydrogen (secondary N) is 1. The highest BCUT2D eigenvalue weighted by molar-refractivity contribution is 6.17. The molecule has 3 nitrogen and oxygen atoms in total. The lowest BCUT2D eigenvalue weighted by Crippen LogP contribution is -2.22. The predicted octanol–water partition coefficient (Wildman–Crippen LogP) is 2.11. The second kappa shape index (κ2) is 7.23. The van der Waals surface area contributed by atoms with Crippen LogP contribution in [0.5, 0.6) is 0 Å². The monoisotopic (exact) mass is 226 g/mol. The predicted molar refractivity (Wildman–Crippen MR) is 60.7 cm³/mol. The van der Waals surface area contributed by atoms with Crippen LogP contribution in [0.15, 0.2) is 24.5 Å². The lowest BCUT2D eigenvalue weighted by Gasteiger charge is -2.04. The van der Waals surface area contributed by atoms with E-state index < -0.39 is 0 Å². The molecule has 1 heterocycles. The Balaban J connectivity index is 2.17. The lowest BCUT2D eigenvalue weighted by atomic mass is 10.2. The van der Waals surface area contributed by atoms with Crippen molar-refractivity contribution in [1.29, 1.82) is 0 Å². The molecule has 0 spiro atoms. The number of nitrogens with zero attached hydrogens (tertiary/aromatic N) is 1. The molecule has 0 aliphatic carbocycles. The zero-order chi connectivity index (χ0) is 10.9. The normalized spacial score (nSPS) is 9.93. The van der Waals surface area contributed by atoms with E-state index in [0.717, 1.165) is 18.4 Å². The molecule has 0 saturated carbocycles. The van der Waals surface area contributed by atoms with E-state index in [0.29, 0.717) is 18.8 Å². The summed E-state index contributed by atoms with van der Waals surface area (Å²) >= 11 is 5.52. The van der Waals surface area contributed by atoms with Crippen LogP contribution < -0.4 is 5.32 Å². The van der Waals surface area contributed by atoms with Crippen LogP contribution in [0.25, 0.3) is 0 Å². The third kappa shape index (κ3) is 5.37. The highest BCUT2D eigenvalue weighted by atomic mass is 35.5. The first-order valence-corrected chi connectivity index (χ1v) is 5.58. The Morgan fingerprint density at radius 3 is 2.73 bits per heavy atom. The molecule has 0 bridgehead atoms. The van der Waals surface area contributed by atoms with Crippen molar-refractivity contribution in [3.63, 3.8) is 0 Å². The van der Waals surface area contributed by atoms with Crippen molar-refractivity contribution in [1.82, 2.24) is 10.3 Å². The van der Waals surface area contributed by atoms with Crippen LogP contribution in [-0.2, 0) is 11.3 Å². The number of aromatic nitrogens is 1. The van der Waals surface area contributed by atoms with E-state index in [1.807, 2.05) is 12.1 Å². The van der Waals surface area contributed by atoms with Gasteiger partial charge in [0, 0.05) is 31.2 Å². The molecule has 1 rings (SSSR count). The van der Waals surface area contributed by atoms with Crippen LogP contribution in [-0.4, -0.2) is 16.8 Å². The van der Waals surface area contributed by atoms with Crippen LogP contribution in [0.1, 0.15) is 24.8 Å². The molecule has 0 fully saturated rings. The highest BCUT2D eigenvalue weighted by Gasteiger charge is 2.00. The molecule has 0 saturated heterocycles. The number of alkyl halides is 1. The minimum atomic E-state index is 0.0805. The quantitative estimate of drug-likeness (QED) is 0.596. The zero-order valence-electron chi connectivity index (χ0n) is 8.58. The van der Waals surface area contributed by atoms with E-state index in [4.69, 9.17) is 11.6 Å². The van der Waals surface area contributed by atoms with Gasteiger partial charge in [0.15, 0.2) is 0 Å². The molecule has 0 aliphatic rings. The van der Waals surface area contributed by atoms with Gasteiger partial charge in [-0.15, -0.1) is 11.6 Å². The molecule has 82 valence electrons. The topological polar surface area (TPSA) is 42.0 Å². The molecule has 0 aliphatic heterocycles. The van der Waals surface area contributed by atoms with Gasteiger partial charge in [-0.25, -0.2) is 0 Å². The first-order chi connectivity index (χ1) is 7.33. The van der Waals surface area contributed by atoms with Crippen LogP contribution in [0.2, 0.25) is 0 Å². The first kappa shape index (κ1) is 12.0. The fourth-order valence-corrected chi connectivity index (χ4v) is 1.36. The summed E-state index contributed by atoms with van der Waals surface area (Å²) in [7, 11) is 0. The van der Waals surface area contributed by atoms with Crippen LogP contribution >= 0.6 is 11.6 Å². The minimum absolute atomic E-state index is 0.0805. The summed E-state index contributed by atoms with van der Waals surface area (Å²) < 4.78 is 0. The summed E-state index contributed by atoms with van der Waals surface area (Å²) in [5, 5.41) is 2.85. The second-order valence-corrected chi connectivity index (χ2v) is 3.66. The van der Waals surface area contributed by atoms with Crippen molar-refractivity contribution in [2.45, 2.75) is 25.8 Å².